The van der Waals surface area contributed by atoms with Crippen molar-refractivity contribution >= 4 is 31.9 Å². The molecule has 0 aromatic heterocycles. The fourth-order valence-corrected chi connectivity index (χ4v) is 4.43. The van der Waals surface area contributed by atoms with Gasteiger partial charge in [0.2, 0.25) is 0 Å². The van der Waals surface area contributed by atoms with Crippen molar-refractivity contribution < 1.29 is 23.0 Å². The van der Waals surface area contributed by atoms with Crippen molar-refractivity contribution in [3.05, 3.63) is 56.5 Å². The highest BCUT2D eigenvalue weighted by Gasteiger charge is 2.32. The van der Waals surface area contributed by atoms with E-state index in [1.807, 2.05) is 6.07 Å². The molecular formula is C18H17Br2F3N2O2. The number of phenolic OH excluding ortho intramolecular Hbond substituents is 1. The summed E-state index contributed by atoms with van der Waals surface area (Å²) in [6.07, 6.45) is -4.73. The monoisotopic (exact) mass is 508 g/mol. The number of phenols is 1. The summed E-state index contributed by atoms with van der Waals surface area (Å²) in [6.45, 7) is 3.08. The second-order valence-corrected chi connectivity index (χ2v) is 7.90. The van der Waals surface area contributed by atoms with Gasteiger partial charge in [-0.2, -0.15) is 0 Å². The smallest absolute Gasteiger partial charge is 0.506 e. The first-order valence-corrected chi connectivity index (χ1v) is 9.81. The van der Waals surface area contributed by atoms with E-state index in [1.54, 1.807) is 18.2 Å². The zero-order chi connectivity index (χ0) is 19.6. The van der Waals surface area contributed by atoms with Crippen LogP contribution in [-0.4, -0.2) is 42.5 Å². The van der Waals surface area contributed by atoms with Crippen LogP contribution in [0.25, 0.3) is 0 Å². The van der Waals surface area contributed by atoms with Crippen LogP contribution in [0.2, 0.25) is 0 Å². The van der Waals surface area contributed by atoms with Gasteiger partial charge in [0.25, 0.3) is 0 Å². The molecule has 2 aromatic carbocycles. The van der Waals surface area contributed by atoms with Gasteiger partial charge < -0.3 is 15.2 Å². The van der Waals surface area contributed by atoms with Gasteiger partial charge in [-0.15, -0.1) is 13.2 Å². The van der Waals surface area contributed by atoms with E-state index in [4.69, 9.17) is 0 Å². The lowest BCUT2D eigenvalue weighted by Gasteiger charge is -2.36. The maximum absolute atomic E-state index is 12.4. The van der Waals surface area contributed by atoms with E-state index in [0.29, 0.717) is 10.0 Å². The zero-order valence-electron chi connectivity index (χ0n) is 14.1. The first kappa shape index (κ1) is 20.4. The summed E-state index contributed by atoms with van der Waals surface area (Å²) in [5, 5.41) is 13.9. The van der Waals surface area contributed by atoms with Crippen molar-refractivity contribution in [2.45, 2.75) is 12.4 Å². The van der Waals surface area contributed by atoms with Gasteiger partial charge in [0.15, 0.2) is 0 Å². The Morgan fingerprint density at radius 1 is 1.07 bits per heavy atom. The lowest BCUT2D eigenvalue weighted by Crippen LogP contribution is -2.45. The molecule has 9 heteroatoms. The number of aromatic hydroxyl groups is 1. The zero-order valence-corrected chi connectivity index (χ0v) is 17.2. The minimum absolute atomic E-state index is 0.109. The number of rotatable bonds is 4. The molecule has 0 unspecified atom stereocenters. The third-order valence-corrected chi connectivity index (χ3v) is 5.36. The van der Waals surface area contributed by atoms with Crippen molar-refractivity contribution in [3.8, 4) is 11.5 Å². The molecule has 1 saturated heterocycles. The molecule has 1 atom stereocenters. The molecule has 0 spiro atoms. The van der Waals surface area contributed by atoms with Crippen LogP contribution >= 0.6 is 31.9 Å². The number of hydrogen-bond acceptors (Lipinski definition) is 4. The average Bonchev–Trinajstić information content (AvgIpc) is 2.60. The normalized spacial score (nSPS) is 16.9. The van der Waals surface area contributed by atoms with Gasteiger partial charge in [-0.25, -0.2) is 0 Å². The number of nitrogens with one attached hydrogen (secondary N) is 1. The fraction of sp³-hybridized carbons (Fsp3) is 0.333. The number of hydrogen-bond donors (Lipinski definition) is 2. The van der Waals surface area contributed by atoms with E-state index in [2.05, 4.69) is 46.8 Å². The summed E-state index contributed by atoms with van der Waals surface area (Å²) in [4.78, 5) is 2.18. The Morgan fingerprint density at radius 2 is 1.70 bits per heavy atom. The lowest BCUT2D eigenvalue weighted by molar-refractivity contribution is -0.274. The first-order chi connectivity index (χ1) is 12.7. The maximum Gasteiger partial charge on any atom is 0.573 e. The standard InChI is InChI=1S/C18H17Br2F3N2O2/c19-12-9-14(17(26)15(20)10-12)16(25-7-5-24-6-8-25)11-1-3-13(4-2-11)27-18(21,22)23/h1-4,9-10,16,24,26H,5-8H2/t16-/m1/s1. The summed E-state index contributed by atoms with van der Waals surface area (Å²) in [7, 11) is 0. The van der Waals surface area contributed by atoms with E-state index in [0.717, 1.165) is 36.2 Å². The van der Waals surface area contributed by atoms with Crippen molar-refractivity contribution in [1.82, 2.24) is 10.2 Å². The largest absolute Gasteiger partial charge is 0.573 e. The second kappa shape index (κ2) is 8.38. The van der Waals surface area contributed by atoms with Crippen molar-refractivity contribution in [3.63, 3.8) is 0 Å². The molecule has 0 radical (unpaired) electrons. The molecule has 0 saturated carbocycles. The number of alkyl halides is 3. The summed E-state index contributed by atoms with van der Waals surface area (Å²) in [5.74, 6) is -0.165. The molecule has 0 aliphatic carbocycles. The molecule has 1 heterocycles. The molecule has 27 heavy (non-hydrogen) atoms. The topological polar surface area (TPSA) is 44.7 Å². The average molecular weight is 510 g/mol. The molecular weight excluding hydrogens is 493 g/mol. The molecule has 0 amide bonds. The van der Waals surface area contributed by atoms with E-state index >= 15 is 0 Å². The molecule has 2 N–H and O–H groups in total. The first-order valence-electron chi connectivity index (χ1n) is 8.23. The van der Waals surface area contributed by atoms with Gasteiger partial charge in [0, 0.05) is 36.2 Å². The van der Waals surface area contributed by atoms with Gasteiger partial charge in [-0.1, -0.05) is 28.1 Å². The van der Waals surface area contributed by atoms with Crippen LogP contribution in [0.15, 0.2) is 45.3 Å². The molecule has 3 rings (SSSR count). The summed E-state index contributed by atoms with van der Waals surface area (Å²) in [6, 6.07) is 9.05. The van der Waals surface area contributed by atoms with Crippen molar-refractivity contribution in [2.75, 3.05) is 26.2 Å². The maximum atomic E-state index is 12.4. The summed E-state index contributed by atoms with van der Waals surface area (Å²) < 4.78 is 42.5. The van der Waals surface area contributed by atoms with Crippen molar-refractivity contribution in [2.24, 2.45) is 0 Å². The Morgan fingerprint density at radius 3 is 2.30 bits per heavy atom. The molecule has 2 aromatic rings. The molecule has 1 aliphatic rings. The number of nitrogens with zero attached hydrogens (tertiary/aromatic N) is 1. The predicted octanol–water partition coefficient (Wildman–Crippen LogP) is 4.81. The lowest BCUT2D eigenvalue weighted by atomic mass is 9.95. The quantitative estimate of drug-likeness (QED) is 0.620. The third-order valence-electron chi connectivity index (χ3n) is 4.30. The van der Waals surface area contributed by atoms with E-state index < -0.39 is 6.36 Å². The molecule has 0 bridgehead atoms. The van der Waals surface area contributed by atoms with Crippen LogP contribution in [0.4, 0.5) is 13.2 Å². The molecule has 146 valence electrons. The Kier molecular flexibility index (Phi) is 6.35. The van der Waals surface area contributed by atoms with Crippen LogP contribution < -0.4 is 10.1 Å². The Hall–Kier alpha value is -1.29. The van der Waals surface area contributed by atoms with Crippen molar-refractivity contribution in [1.29, 1.82) is 0 Å². The molecule has 1 fully saturated rings. The number of piperazine rings is 1. The highest BCUT2D eigenvalue weighted by Crippen LogP contribution is 2.41. The van der Waals surface area contributed by atoms with E-state index in [-0.39, 0.29) is 17.5 Å². The van der Waals surface area contributed by atoms with Gasteiger partial charge in [-0.05, 0) is 45.8 Å². The Balaban J connectivity index is 2.00. The number of ether oxygens (including phenoxy) is 1. The summed E-state index contributed by atoms with van der Waals surface area (Å²) in [5.41, 5.74) is 1.44. The SMILES string of the molecule is Oc1c(Br)cc(Br)cc1[C@@H](c1ccc(OC(F)(F)F)cc1)N1CCNCC1. The van der Waals surface area contributed by atoms with Crippen LogP contribution in [0.3, 0.4) is 0 Å². The Bertz CT molecular complexity index is 794. The van der Waals surface area contributed by atoms with Gasteiger partial charge >= 0.3 is 6.36 Å². The third kappa shape index (κ3) is 5.16. The number of benzene rings is 2. The van der Waals surface area contributed by atoms with E-state index in [9.17, 15) is 18.3 Å². The number of halogens is 5. The molecule has 1 aliphatic heterocycles. The highest BCUT2D eigenvalue weighted by atomic mass is 79.9. The van der Waals surface area contributed by atoms with Crippen LogP contribution in [0, 0.1) is 0 Å². The minimum atomic E-state index is -4.73. The minimum Gasteiger partial charge on any atom is -0.506 e. The predicted molar refractivity (Wildman–Crippen MR) is 103 cm³/mol. The molecule has 4 nitrogen and oxygen atoms in total. The van der Waals surface area contributed by atoms with Crippen LogP contribution in [-0.2, 0) is 0 Å². The highest BCUT2D eigenvalue weighted by molar-refractivity contribution is 9.11. The van der Waals surface area contributed by atoms with Gasteiger partial charge in [0.1, 0.15) is 11.5 Å². The van der Waals surface area contributed by atoms with Gasteiger partial charge in [0.05, 0.1) is 10.5 Å². The van der Waals surface area contributed by atoms with Crippen LogP contribution in [0.5, 0.6) is 11.5 Å². The fourth-order valence-electron chi connectivity index (χ4n) is 3.17. The van der Waals surface area contributed by atoms with E-state index in [1.165, 1.54) is 12.1 Å². The van der Waals surface area contributed by atoms with Gasteiger partial charge in [-0.3, -0.25) is 4.90 Å². The summed E-state index contributed by atoms with van der Waals surface area (Å²) >= 11 is 6.79. The Labute approximate surface area is 171 Å². The second-order valence-electron chi connectivity index (χ2n) is 6.13. The van der Waals surface area contributed by atoms with Crippen LogP contribution in [0.1, 0.15) is 17.2 Å².